The Bertz CT molecular complexity index is 931. The lowest BCUT2D eigenvalue weighted by Crippen LogP contribution is -2.28. The molecule has 162 valence electrons. The van der Waals surface area contributed by atoms with Crippen LogP contribution in [0.15, 0.2) is 29.3 Å². The van der Waals surface area contributed by atoms with Gasteiger partial charge in [0.05, 0.1) is 27.5 Å². The van der Waals surface area contributed by atoms with E-state index < -0.39 is 6.43 Å². The average molecular weight is 476 g/mol. The van der Waals surface area contributed by atoms with Gasteiger partial charge in [-0.05, 0) is 45.3 Å². The summed E-state index contributed by atoms with van der Waals surface area (Å²) in [6, 6.07) is 6.24. The predicted molar refractivity (Wildman–Crippen MR) is 117 cm³/mol. The number of thioether (sulfide) groups is 1. The number of alkyl halides is 2. The van der Waals surface area contributed by atoms with Gasteiger partial charge in [-0.15, -0.1) is 0 Å². The van der Waals surface area contributed by atoms with E-state index in [1.54, 1.807) is 18.2 Å². The maximum absolute atomic E-state index is 13.4. The summed E-state index contributed by atoms with van der Waals surface area (Å²) in [5, 5.41) is 7.57. The number of carbonyl (C=O) groups excluding carboxylic acids is 1. The fourth-order valence-electron chi connectivity index (χ4n) is 2.96. The summed E-state index contributed by atoms with van der Waals surface area (Å²) in [5.41, 5.74) is 0.457. The van der Waals surface area contributed by atoms with Gasteiger partial charge < -0.3 is 10.2 Å². The Kier molecular flexibility index (Phi) is 7.73. The largest absolute Gasteiger partial charge is 0.309 e. The first-order valence-corrected chi connectivity index (χ1v) is 10.9. The van der Waals surface area contributed by atoms with Crippen LogP contribution in [0.1, 0.15) is 35.9 Å². The quantitative estimate of drug-likeness (QED) is 0.629. The van der Waals surface area contributed by atoms with Crippen molar-refractivity contribution in [2.24, 2.45) is 4.99 Å². The van der Waals surface area contributed by atoms with Gasteiger partial charge in [0.15, 0.2) is 5.17 Å². The van der Waals surface area contributed by atoms with Crippen LogP contribution in [0.3, 0.4) is 0 Å². The molecule has 0 radical (unpaired) electrons. The molecule has 30 heavy (non-hydrogen) atoms. The van der Waals surface area contributed by atoms with Crippen LogP contribution in [-0.4, -0.2) is 52.9 Å². The zero-order chi connectivity index (χ0) is 21.8. The van der Waals surface area contributed by atoms with Crippen LogP contribution in [0.4, 0.5) is 8.78 Å². The van der Waals surface area contributed by atoms with E-state index in [1.807, 2.05) is 19.0 Å². The fourth-order valence-corrected chi connectivity index (χ4v) is 4.54. The Morgan fingerprint density at radius 3 is 2.70 bits per heavy atom. The number of benzene rings is 1. The highest BCUT2D eigenvalue weighted by molar-refractivity contribution is 8.14. The monoisotopic (exact) mass is 475 g/mol. The van der Waals surface area contributed by atoms with Crippen molar-refractivity contribution in [2.75, 3.05) is 27.2 Å². The van der Waals surface area contributed by atoms with Gasteiger partial charge >= 0.3 is 0 Å². The summed E-state index contributed by atoms with van der Waals surface area (Å²) in [6.07, 6.45) is -1.63. The molecule has 11 heteroatoms. The topological polar surface area (TPSA) is 62.5 Å². The molecular weight excluding hydrogens is 455 g/mol. The molecule has 0 saturated carbocycles. The molecule has 0 fully saturated rings. The van der Waals surface area contributed by atoms with E-state index in [9.17, 15) is 13.6 Å². The molecule has 1 unspecified atom stereocenters. The zero-order valence-corrected chi connectivity index (χ0v) is 18.7. The number of hydrogen-bond donors (Lipinski definition) is 1. The van der Waals surface area contributed by atoms with Gasteiger partial charge in [0.2, 0.25) is 5.91 Å². The second-order valence-electron chi connectivity index (χ2n) is 6.98. The minimum absolute atomic E-state index is 0.125. The molecule has 0 spiro atoms. The fraction of sp³-hybridized carbons (Fsp3) is 0.421. The summed E-state index contributed by atoms with van der Waals surface area (Å²) in [4.78, 5) is 18.5. The van der Waals surface area contributed by atoms with E-state index in [0.29, 0.717) is 39.6 Å². The standard InChI is InChI=1S/C19H21Cl2F2N5OS/c1-27(2)8-4-7-16(29)25-19-24-10-15(30-19)14-9-13(18(22)23)26-28(14)17-11(20)5-3-6-12(17)21/h3,5-6,9,15,18H,4,7-8,10H2,1-2H3,(H,24,25,29). The molecule has 1 aromatic heterocycles. The number of halogens is 4. The Labute approximate surface area is 187 Å². The van der Waals surface area contributed by atoms with Crippen LogP contribution in [0.5, 0.6) is 0 Å². The van der Waals surface area contributed by atoms with Crippen molar-refractivity contribution in [3.8, 4) is 5.69 Å². The lowest BCUT2D eigenvalue weighted by atomic mass is 10.2. The Hall–Kier alpha value is -1.68. The summed E-state index contributed by atoms with van der Waals surface area (Å²) >= 11 is 13.8. The van der Waals surface area contributed by atoms with Gasteiger partial charge in [-0.2, -0.15) is 5.10 Å². The van der Waals surface area contributed by atoms with Crippen LogP contribution in [0, 0.1) is 0 Å². The molecule has 6 nitrogen and oxygen atoms in total. The number of carbonyl (C=O) groups is 1. The van der Waals surface area contributed by atoms with Crippen molar-refractivity contribution in [1.82, 2.24) is 20.0 Å². The van der Waals surface area contributed by atoms with Crippen molar-refractivity contribution in [3.05, 3.63) is 45.7 Å². The molecule has 1 aliphatic rings. The molecule has 1 amide bonds. The third-order valence-electron chi connectivity index (χ3n) is 4.37. The lowest BCUT2D eigenvalue weighted by Gasteiger charge is -2.14. The summed E-state index contributed by atoms with van der Waals surface area (Å²) in [6.45, 7) is 1.12. The van der Waals surface area contributed by atoms with Crippen LogP contribution < -0.4 is 5.32 Å². The smallest absolute Gasteiger partial charge is 0.282 e. The van der Waals surface area contributed by atoms with Crippen LogP contribution in [0.2, 0.25) is 10.0 Å². The first-order valence-electron chi connectivity index (χ1n) is 9.24. The normalized spacial score (nSPS) is 16.4. The van der Waals surface area contributed by atoms with Crippen molar-refractivity contribution in [1.29, 1.82) is 0 Å². The molecule has 0 saturated heterocycles. The molecule has 0 bridgehead atoms. The maximum Gasteiger partial charge on any atom is 0.282 e. The number of para-hydroxylation sites is 1. The van der Waals surface area contributed by atoms with E-state index in [1.165, 1.54) is 22.5 Å². The highest BCUT2D eigenvalue weighted by Crippen LogP contribution is 2.39. The van der Waals surface area contributed by atoms with Crippen molar-refractivity contribution in [3.63, 3.8) is 0 Å². The molecule has 1 aliphatic heterocycles. The van der Waals surface area contributed by atoms with Gasteiger partial charge in [-0.25, -0.2) is 13.5 Å². The Balaban J connectivity index is 1.76. The highest BCUT2D eigenvalue weighted by atomic mass is 35.5. The number of hydrogen-bond acceptors (Lipinski definition) is 5. The second-order valence-corrected chi connectivity index (χ2v) is 8.99. The van der Waals surface area contributed by atoms with Crippen LogP contribution >= 0.6 is 35.0 Å². The van der Waals surface area contributed by atoms with E-state index >= 15 is 0 Å². The number of nitrogens with zero attached hydrogens (tertiary/aromatic N) is 4. The predicted octanol–water partition coefficient (Wildman–Crippen LogP) is 4.72. The van der Waals surface area contributed by atoms with E-state index in [2.05, 4.69) is 15.4 Å². The van der Waals surface area contributed by atoms with Crippen LogP contribution in [0.25, 0.3) is 5.69 Å². The van der Waals surface area contributed by atoms with Crippen molar-refractivity contribution in [2.45, 2.75) is 24.5 Å². The summed E-state index contributed by atoms with van der Waals surface area (Å²) in [7, 11) is 3.89. The number of aromatic nitrogens is 2. The third-order valence-corrected chi connectivity index (χ3v) is 6.11. The van der Waals surface area contributed by atoms with E-state index in [-0.39, 0.29) is 16.9 Å². The van der Waals surface area contributed by atoms with Gasteiger partial charge in [-0.1, -0.05) is 41.0 Å². The molecule has 2 aromatic rings. The number of amides is 1. The molecule has 0 aliphatic carbocycles. The SMILES string of the molecule is CN(C)CCCC(=O)NC1=NCC(c2cc(C(F)F)nn2-c2c(Cl)cccc2Cl)S1. The Morgan fingerprint density at radius 2 is 2.07 bits per heavy atom. The second kappa shape index (κ2) is 10.1. The van der Waals surface area contributed by atoms with Gasteiger partial charge in [-0.3, -0.25) is 9.79 Å². The van der Waals surface area contributed by atoms with Crippen LogP contribution in [-0.2, 0) is 4.79 Å². The van der Waals surface area contributed by atoms with E-state index in [4.69, 9.17) is 23.2 Å². The number of amidine groups is 1. The van der Waals surface area contributed by atoms with E-state index in [0.717, 1.165) is 13.0 Å². The molecule has 1 aromatic carbocycles. The molecule has 1 atom stereocenters. The third kappa shape index (κ3) is 5.51. The highest BCUT2D eigenvalue weighted by Gasteiger charge is 2.29. The van der Waals surface area contributed by atoms with Crippen molar-refractivity contribution < 1.29 is 13.6 Å². The molecule has 2 heterocycles. The number of rotatable bonds is 7. The van der Waals surface area contributed by atoms with Gasteiger partial charge in [0.25, 0.3) is 6.43 Å². The number of nitrogens with one attached hydrogen (secondary N) is 1. The summed E-state index contributed by atoms with van der Waals surface area (Å²) < 4.78 is 28.0. The van der Waals surface area contributed by atoms with Crippen molar-refractivity contribution >= 4 is 46.0 Å². The molecule has 3 rings (SSSR count). The zero-order valence-electron chi connectivity index (χ0n) is 16.4. The average Bonchev–Trinajstić information content (AvgIpc) is 3.28. The Morgan fingerprint density at radius 1 is 1.37 bits per heavy atom. The lowest BCUT2D eigenvalue weighted by molar-refractivity contribution is -0.119. The first kappa shape index (κ1) is 23.0. The first-order chi connectivity index (χ1) is 14.3. The van der Waals surface area contributed by atoms with Gasteiger partial charge in [0.1, 0.15) is 11.4 Å². The van der Waals surface area contributed by atoms with Gasteiger partial charge in [0, 0.05) is 6.42 Å². The summed E-state index contributed by atoms with van der Waals surface area (Å²) in [5.74, 6) is -0.125. The number of aliphatic imine (C=N–C) groups is 1. The molecular formula is C19H21Cl2F2N5OS. The minimum atomic E-state index is -2.74. The minimum Gasteiger partial charge on any atom is -0.309 e. The molecule has 1 N–H and O–H groups in total. The maximum atomic E-state index is 13.4.